The maximum absolute atomic E-state index is 12.1. The highest BCUT2D eigenvalue weighted by Gasteiger charge is 2.30. The van der Waals surface area contributed by atoms with Gasteiger partial charge in [0.25, 0.3) is 0 Å². The molecule has 1 fully saturated rings. The van der Waals surface area contributed by atoms with Crippen molar-refractivity contribution in [1.29, 1.82) is 0 Å². The standard InChI is InChI=1S/C15H28N2O4/c1-14(2,3)10-11(9-12(18)19)16-13(20)17-15(4)5-7-21-8-6-15/h11H,5-10H2,1-4H3,(H,18,19)(H2,16,17,20). The first-order valence-electron chi connectivity index (χ1n) is 7.48. The zero-order valence-electron chi connectivity index (χ0n) is 13.5. The third kappa shape index (κ3) is 7.32. The van der Waals surface area contributed by atoms with Gasteiger partial charge >= 0.3 is 12.0 Å². The minimum Gasteiger partial charge on any atom is -0.481 e. The Morgan fingerprint density at radius 2 is 1.86 bits per heavy atom. The first kappa shape index (κ1) is 17.8. The predicted octanol–water partition coefficient (Wildman–Crippen LogP) is 2.13. The van der Waals surface area contributed by atoms with E-state index in [-0.39, 0.29) is 29.4 Å². The van der Waals surface area contributed by atoms with Crippen molar-refractivity contribution < 1.29 is 19.4 Å². The molecule has 6 nitrogen and oxygen atoms in total. The molecule has 0 saturated carbocycles. The molecule has 1 saturated heterocycles. The van der Waals surface area contributed by atoms with Gasteiger partial charge in [-0.15, -0.1) is 0 Å². The van der Waals surface area contributed by atoms with E-state index in [1.54, 1.807) is 0 Å². The number of carbonyl (C=O) groups is 2. The lowest BCUT2D eigenvalue weighted by Gasteiger charge is -2.35. The highest BCUT2D eigenvalue weighted by Crippen LogP contribution is 2.23. The lowest BCUT2D eigenvalue weighted by Crippen LogP contribution is -2.55. The average Bonchev–Trinajstić information content (AvgIpc) is 2.24. The topological polar surface area (TPSA) is 87.7 Å². The number of ether oxygens (including phenoxy) is 1. The second-order valence-electron chi connectivity index (χ2n) is 7.33. The first-order chi connectivity index (χ1) is 9.60. The van der Waals surface area contributed by atoms with Crippen LogP contribution >= 0.6 is 0 Å². The van der Waals surface area contributed by atoms with Crippen molar-refractivity contribution >= 4 is 12.0 Å². The third-order valence-corrected chi connectivity index (χ3v) is 3.63. The molecule has 21 heavy (non-hydrogen) atoms. The van der Waals surface area contributed by atoms with E-state index < -0.39 is 5.97 Å². The van der Waals surface area contributed by atoms with Crippen molar-refractivity contribution in [2.75, 3.05) is 13.2 Å². The van der Waals surface area contributed by atoms with Crippen LogP contribution in [0, 0.1) is 5.41 Å². The van der Waals surface area contributed by atoms with Gasteiger partial charge in [0.15, 0.2) is 0 Å². The van der Waals surface area contributed by atoms with Crippen LogP contribution in [-0.2, 0) is 9.53 Å². The van der Waals surface area contributed by atoms with E-state index >= 15 is 0 Å². The first-order valence-corrected chi connectivity index (χ1v) is 7.48. The van der Waals surface area contributed by atoms with E-state index in [9.17, 15) is 9.59 Å². The molecule has 1 rings (SSSR count). The van der Waals surface area contributed by atoms with Crippen LogP contribution in [0.4, 0.5) is 4.79 Å². The molecule has 0 aromatic rings. The SMILES string of the molecule is CC(C)(C)CC(CC(=O)O)NC(=O)NC1(C)CCOCC1. The summed E-state index contributed by atoms with van der Waals surface area (Å²) >= 11 is 0. The molecule has 1 unspecified atom stereocenters. The van der Waals surface area contributed by atoms with Crippen LogP contribution < -0.4 is 10.6 Å². The van der Waals surface area contributed by atoms with E-state index in [0.717, 1.165) is 12.8 Å². The Bertz CT molecular complexity index is 370. The zero-order chi connectivity index (χ0) is 16.1. The fourth-order valence-corrected chi connectivity index (χ4v) is 2.57. The number of nitrogens with one attached hydrogen (secondary N) is 2. The number of urea groups is 1. The molecule has 1 heterocycles. The highest BCUT2D eigenvalue weighted by atomic mass is 16.5. The van der Waals surface area contributed by atoms with Crippen LogP contribution in [0.2, 0.25) is 0 Å². The summed E-state index contributed by atoms with van der Waals surface area (Å²) in [4.78, 5) is 23.1. The normalized spacial score (nSPS) is 19.6. The van der Waals surface area contributed by atoms with Gasteiger partial charge in [0.2, 0.25) is 0 Å². The molecular weight excluding hydrogens is 272 g/mol. The Balaban J connectivity index is 2.56. The Morgan fingerprint density at radius 3 is 2.33 bits per heavy atom. The molecule has 122 valence electrons. The highest BCUT2D eigenvalue weighted by molar-refractivity contribution is 5.76. The van der Waals surface area contributed by atoms with Gasteiger partial charge in [-0.2, -0.15) is 0 Å². The summed E-state index contributed by atoms with van der Waals surface area (Å²) in [7, 11) is 0. The van der Waals surface area contributed by atoms with Crippen molar-refractivity contribution in [2.45, 2.75) is 65.0 Å². The summed E-state index contributed by atoms with van der Waals surface area (Å²) < 4.78 is 5.30. The van der Waals surface area contributed by atoms with E-state index in [1.165, 1.54) is 0 Å². The van der Waals surface area contributed by atoms with Crippen molar-refractivity contribution in [1.82, 2.24) is 10.6 Å². The molecule has 0 radical (unpaired) electrons. The number of hydrogen-bond donors (Lipinski definition) is 3. The summed E-state index contributed by atoms with van der Waals surface area (Å²) in [5.74, 6) is -0.901. The van der Waals surface area contributed by atoms with Gasteiger partial charge in [-0.05, 0) is 31.6 Å². The average molecular weight is 300 g/mol. The number of aliphatic carboxylic acids is 1. The molecule has 1 aliphatic heterocycles. The fraction of sp³-hybridized carbons (Fsp3) is 0.867. The number of carboxylic acid groups (broad SMARTS) is 1. The van der Waals surface area contributed by atoms with Crippen molar-refractivity contribution in [2.24, 2.45) is 5.41 Å². The van der Waals surface area contributed by atoms with Gasteiger partial charge in [0, 0.05) is 24.8 Å². The van der Waals surface area contributed by atoms with Crippen LogP contribution in [0.15, 0.2) is 0 Å². The van der Waals surface area contributed by atoms with Gasteiger partial charge in [-0.3, -0.25) is 4.79 Å². The number of amides is 2. The summed E-state index contributed by atoms with van der Waals surface area (Å²) in [6, 6.07) is -0.666. The molecule has 0 aromatic carbocycles. The van der Waals surface area contributed by atoms with E-state index in [0.29, 0.717) is 19.6 Å². The lowest BCUT2D eigenvalue weighted by atomic mass is 9.87. The van der Waals surface area contributed by atoms with E-state index in [4.69, 9.17) is 9.84 Å². The quantitative estimate of drug-likeness (QED) is 0.726. The molecule has 1 aliphatic rings. The van der Waals surface area contributed by atoms with Gasteiger partial charge in [-0.1, -0.05) is 20.8 Å². The van der Waals surface area contributed by atoms with E-state index in [2.05, 4.69) is 10.6 Å². The monoisotopic (exact) mass is 300 g/mol. The molecule has 1 atom stereocenters. The van der Waals surface area contributed by atoms with Crippen molar-refractivity contribution in [3.05, 3.63) is 0 Å². The maximum atomic E-state index is 12.1. The zero-order valence-corrected chi connectivity index (χ0v) is 13.5. The molecule has 0 aliphatic carbocycles. The Hall–Kier alpha value is -1.30. The lowest BCUT2D eigenvalue weighted by molar-refractivity contribution is -0.137. The van der Waals surface area contributed by atoms with Crippen LogP contribution in [0.3, 0.4) is 0 Å². The number of rotatable bonds is 5. The summed E-state index contributed by atoms with van der Waals surface area (Å²) in [6.45, 7) is 9.35. The van der Waals surface area contributed by atoms with E-state index in [1.807, 2.05) is 27.7 Å². The molecule has 0 spiro atoms. The molecule has 0 aromatic heterocycles. The molecule has 3 N–H and O–H groups in total. The number of hydrogen-bond acceptors (Lipinski definition) is 3. The Kier molecular flexibility index (Phi) is 6.01. The number of carboxylic acids is 1. The van der Waals surface area contributed by atoms with Gasteiger partial charge in [-0.25, -0.2) is 4.79 Å². The minimum atomic E-state index is -0.901. The number of carbonyl (C=O) groups excluding carboxylic acids is 1. The molecule has 6 heteroatoms. The van der Waals surface area contributed by atoms with Crippen molar-refractivity contribution in [3.8, 4) is 0 Å². The largest absolute Gasteiger partial charge is 0.481 e. The van der Waals surface area contributed by atoms with Crippen LogP contribution in [0.25, 0.3) is 0 Å². The van der Waals surface area contributed by atoms with Gasteiger partial charge in [0.1, 0.15) is 0 Å². The fourth-order valence-electron chi connectivity index (χ4n) is 2.57. The van der Waals surface area contributed by atoms with Crippen LogP contribution in [0.5, 0.6) is 0 Å². The van der Waals surface area contributed by atoms with Crippen molar-refractivity contribution in [3.63, 3.8) is 0 Å². The van der Waals surface area contributed by atoms with Crippen LogP contribution in [0.1, 0.15) is 53.4 Å². The molecule has 0 bridgehead atoms. The molecular formula is C15H28N2O4. The van der Waals surface area contributed by atoms with Crippen LogP contribution in [-0.4, -0.2) is 41.9 Å². The van der Waals surface area contributed by atoms with Gasteiger partial charge in [0.05, 0.1) is 6.42 Å². The Labute approximate surface area is 126 Å². The Morgan fingerprint density at radius 1 is 1.29 bits per heavy atom. The minimum absolute atomic E-state index is 0.0457. The molecule has 2 amide bonds. The maximum Gasteiger partial charge on any atom is 0.315 e. The third-order valence-electron chi connectivity index (χ3n) is 3.63. The second-order valence-corrected chi connectivity index (χ2v) is 7.33. The summed E-state index contributed by atoms with van der Waals surface area (Å²) in [5.41, 5.74) is -0.326. The predicted molar refractivity (Wildman–Crippen MR) is 80.2 cm³/mol. The van der Waals surface area contributed by atoms with Gasteiger partial charge < -0.3 is 20.5 Å². The smallest absolute Gasteiger partial charge is 0.315 e. The second kappa shape index (κ2) is 7.11. The summed E-state index contributed by atoms with van der Waals surface area (Å²) in [5, 5.41) is 14.7. The summed E-state index contributed by atoms with van der Waals surface area (Å²) in [6.07, 6.45) is 2.09.